The minimum atomic E-state index is -4.83. The van der Waals surface area contributed by atoms with Crippen LogP contribution in [-0.4, -0.2) is 70.5 Å². The van der Waals surface area contributed by atoms with Crippen LogP contribution in [0.5, 0.6) is 0 Å². The van der Waals surface area contributed by atoms with Gasteiger partial charge in [0.25, 0.3) is 0 Å². The number of hydrogen-bond donors (Lipinski definition) is 6. The summed E-state index contributed by atoms with van der Waals surface area (Å²) in [5.74, 6) is -1.39. The van der Waals surface area contributed by atoms with Gasteiger partial charge >= 0.3 is 15.2 Å². The van der Waals surface area contributed by atoms with Crippen LogP contribution in [0.4, 0.5) is 5.69 Å². The molecule has 0 bridgehead atoms. The summed E-state index contributed by atoms with van der Waals surface area (Å²) in [4.78, 5) is 31.9. The zero-order chi connectivity index (χ0) is 26.5. The third-order valence-corrected chi connectivity index (χ3v) is 10.0. The SMILES string of the molecule is O=P(O)(O)CP(=O)(O)OCC1OC(n2ncc3c(N[C@@H]4CCc5ccccc54)cc(Cl)nc32)C(O)C1O. The average Bonchev–Trinajstić information content (AvgIpc) is 3.48. The molecule has 6 atom stereocenters. The molecule has 3 aromatic rings. The molecule has 16 heteroatoms. The molecule has 1 fully saturated rings. The Morgan fingerprint density at radius 2 is 1.95 bits per heavy atom. The Balaban J connectivity index is 1.37. The highest BCUT2D eigenvalue weighted by Gasteiger charge is 2.46. The van der Waals surface area contributed by atoms with E-state index in [0.717, 1.165) is 12.8 Å². The second kappa shape index (κ2) is 10.0. The van der Waals surface area contributed by atoms with Gasteiger partial charge < -0.3 is 39.5 Å². The molecular weight excluding hydrogens is 550 g/mol. The lowest BCUT2D eigenvalue weighted by Gasteiger charge is -2.18. The van der Waals surface area contributed by atoms with Crippen molar-refractivity contribution in [2.24, 2.45) is 0 Å². The highest BCUT2D eigenvalue weighted by molar-refractivity contribution is 7.70. The van der Waals surface area contributed by atoms with Crippen molar-refractivity contribution >= 4 is 43.5 Å². The Labute approximate surface area is 215 Å². The van der Waals surface area contributed by atoms with Crippen LogP contribution in [-0.2, 0) is 24.8 Å². The first-order valence-corrected chi connectivity index (χ1v) is 15.3. The van der Waals surface area contributed by atoms with Gasteiger partial charge in [0.05, 0.1) is 29.9 Å². The summed E-state index contributed by atoms with van der Waals surface area (Å²) in [5, 5.41) is 29.6. The first kappa shape index (κ1) is 26.7. The summed E-state index contributed by atoms with van der Waals surface area (Å²) in [6.07, 6.45) is -2.25. The minimum absolute atomic E-state index is 0.0557. The van der Waals surface area contributed by atoms with Crippen LogP contribution in [0.2, 0.25) is 5.15 Å². The van der Waals surface area contributed by atoms with Crippen LogP contribution < -0.4 is 5.32 Å². The second-order valence-corrected chi connectivity index (χ2v) is 13.4. The fourth-order valence-corrected chi connectivity index (χ4v) is 7.48. The van der Waals surface area contributed by atoms with Crippen molar-refractivity contribution in [1.29, 1.82) is 0 Å². The van der Waals surface area contributed by atoms with Crippen LogP contribution in [0.3, 0.4) is 0 Å². The zero-order valence-electron chi connectivity index (χ0n) is 19.2. The maximum atomic E-state index is 11.9. The molecule has 200 valence electrons. The van der Waals surface area contributed by atoms with Crippen molar-refractivity contribution in [1.82, 2.24) is 14.8 Å². The molecule has 0 spiro atoms. The minimum Gasteiger partial charge on any atom is -0.387 e. The van der Waals surface area contributed by atoms with Crippen molar-refractivity contribution in [3.05, 3.63) is 52.8 Å². The van der Waals surface area contributed by atoms with Crippen molar-refractivity contribution < 1.29 is 43.3 Å². The first-order valence-electron chi connectivity index (χ1n) is 11.3. The topological polar surface area (TPSA) is 196 Å². The highest BCUT2D eigenvalue weighted by Crippen LogP contribution is 2.55. The summed E-state index contributed by atoms with van der Waals surface area (Å²) in [5.41, 5.74) is 3.41. The molecule has 6 N–H and O–H groups in total. The number of aliphatic hydroxyl groups excluding tert-OH is 2. The molecule has 2 aromatic heterocycles. The van der Waals surface area contributed by atoms with E-state index < -0.39 is 52.2 Å². The molecule has 3 heterocycles. The fraction of sp³-hybridized carbons (Fsp3) is 0.429. The summed E-state index contributed by atoms with van der Waals surface area (Å²) < 4.78 is 34.7. The van der Waals surface area contributed by atoms with Crippen molar-refractivity contribution in [2.75, 3.05) is 17.8 Å². The van der Waals surface area contributed by atoms with Crippen LogP contribution >= 0.6 is 26.8 Å². The molecule has 1 aliphatic heterocycles. The van der Waals surface area contributed by atoms with E-state index in [4.69, 9.17) is 30.6 Å². The van der Waals surface area contributed by atoms with Crippen LogP contribution in [0, 0.1) is 0 Å². The van der Waals surface area contributed by atoms with Crippen LogP contribution in [0.25, 0.3) is 11.0 Å². The summed E-state index contributed by atoms with van der Waals surface area (Å²) >= 11 is 6.30. The number of fused-ring (bicyclic) bond motifs is 2. The van der Waals surface area contributed by atoms with E-state index in [-0.39, 0.29) is 16.8 Å². The number of aryl methyl sites for hydroxylation is 1. The van der Waals surface area contributed by atoms with E-state index in [1.165, 1.54) is 22.0 Å². The molecular formula is C21H25ClN4O9P2. The van der Waals surface area contributed by atoms with Gasteiger partial charge in [-0.25, -0.2) is 9.67 Å². The molecule has 1 saturated heterocycles. The van der Waals surface area contributed by atoms with Crippen LogP contribution in [0.1, 0.15) is 29.8 Å². The Morgan fingerprint density at radius 3 is 2.70 bits per heavy atom. The van der Waals surface area contributed by atoms with Gasteiger partial charge in [-0.05, 0) is 30.0 Å². The monoisotopic (exact) mass is 574 g/mol. The largest absolute Gasteiger partial charge is 0.387 e. The van der Waals surface area contributed by atoms with Gasteiger partial charge in [-0.2, -0.15) is 5.10 Å². The molecule has 2 aliphatic rings. The number of nitrogens with zero attached hydrogens (tertiary/aromatic N) is 3. The lowest BCUT2D eigenvalue weighted by Crippen LogP contribution is -2.33. The Hall–Kier alpha value is -1.89. The van der Waals surface area contributed by atoms with Gasteiger partial charge in [0, 0.05) is 0 Å². The lowest BCUT2D eigenvalue weighted by molar-refractivity contribution is -0.0541. The number of halogens is 1. The summed E-state index contributed by atoms with van der Waals surface area (Å²) in [6.45, 7) is -0.705. The molecule has 13 nitrogen and oxygen atoms in total. The van der Waals surface area contributed by atoms with E-state index >= 15 is 0 Å². The zero-order valence-corrected chi connectivity index (χ0v) is 21.7. The molecule has 0 radical (unpaired) electrons. The van der Waals surface area contributed by atoms with Gasteiger partial charge in [0.2, 0.25) is 0 Å². The standard InChI is InChI=1S/C21H25ClN4O9P2/c22-17-7-15(24-14-6-5-11-3-1-2-4-12(11)14)13-8-23-26(20(13)25-17)21-19(28)18(27)16(35-21)9-34-37(32,33)10-36(29,30)31/h1-4,7-8,14,16,18-19,21,27-28H,5-6,9-10H2,(H,24,25)(H,32,33)(H2,29,30,31)/t14-,16?,18?,19?,21?/m1/s1. The number of aromatic nitrogens is 3. The fourth-order valence-electron chi connectivity index (χ4n) is 4.72. The average molecular weight is 575 g/mol. The molecule has 37 heavy (non-hydrogen) atoms. The van der Waals surface area contributed by atoms with E-state index in [9.17, 15) is 24.2 Å². The van der Waals surface area contributed by atoms with Gasteiger partial charge in [-0.1, -0.05) is 35.9 Å². The maximum absolute atomic E-state index is 11.9. The number of hydrogen-bond acceptors (Lipinski definition) is 9. The molecule has 0 saturated carbocycles. The number of rotatable bonds is 8. The predicted octanol–water partition coefficient (Wildman–Crippen LogP) is 2.14. The van der Waals surface area contributed by atoms with Crippen molar-refractivity contribution in [2.45, 2.75) is 43.4 Å². The van der Waals surface area contributed by atoms with E-state index in [1.54, 1.807) is 6.07 Å². The number of ether oxygens (including phenoxy) is 1. The quantitative estimate of drug-likeness (QED) is 0.170. The normalized spacial score (nSPS) is 27.4. The number of aliphatic hydroxyl groups is 2. The number of nitrogens with one attached hydrogen (secondary N) is 1. The number of pyridine rings is 1. The van der Waals surface area contributed by atoms with Gasteiger partial charge in [-0.3, -0.25) is 9.13 Å². The molecule has 0 amide bonds. The van der Waals surface area contributed by atoms with Gasteiger partial charge in [0.1, 0.15) is 23.5 Å². The molecule has 1 aromatic carbocycles. The van der Waals surface area contributed by atoms with Crippen molar-refractivity contribution in [3.63, 3.8) is 0 Å². The molecule has 1 aliphatic carbocycles. The summed E-state index contributed by atoms with van der Waals surface area (Å²) in [6, 6.07) is 9.88. The smallest absolute Gasteiger partial charge is 0.340 e. The highest BCUT2D eigenvalue weighted by atomic mass is 35.5. The van der Waals surface area contributed by atoms with Crippen LogP contribution in [0.15, 0.2) is 36.5 Å². The Morgan fingerprint density at radius 1 is 1.19 bits per heavy atom. The Kier molecular flexibility index (Phi) is 7.23. The number of anilines is 1. The molecule has 5 unspecified atom stereocenters. The molecule has 5 rings (SSSR count). The van der Waals surface area contributed by atoms with E-state index in [2.05, 4.69) is 27.5 Å². The first-order chi connectivity index (χ1) is 17.4. The predicted molar refractivity (Wildman–Crippen MR) is 132 cm³/mol. The third kappa shape index (κ3) is 5.62. The van der Waals surface area contributed by atoms with Gasteiger partial charge in [-0.15, -0.1) is 0 Å². The maximum Gasteiger partial charge on any atom is 0.340 e. The third-order valence-electron chi connectivity index (χ3n) is 6.38. The van der Waals surface area contributed by atoms with E-state index in [1.807, 2.05) is 12.1 Å². The van der Waals surface area contributed by atoms with Gasteiger partial charge in [0.15, 0.2) is 17.8 Å². The van der Waals surface area contributed by atoms with E-state index in [0.29, 0.717) is 11.1 Å². The Bertz CT molecular complexity index is 1420. The summed E-state index contributed by atoms with van der Waals surface area (Å²) in [7, 11) is -9.50. The second-order valence-electron chi connectivity index (χ2n) is 9.04. The number of benzene rings is 1. The van der Waals surface area contributed by atoms with Crippen molar-refractivity contribution in [3.8, 4) is 0 Å². The lowest BCUT2D eigenvalue weighted by atomic mass is 10.1.